The Morgan fingerprint density at radius 2 is 1.73 bits per heavy atom. The molecule has 1 aliphatic heterocycles. The van der Waals surface area contributed by atoms with E-state index in [0.717, 1.165) is 5.69 Å². The first-order valence-corrected chi connectivity index (χ1v) is 7.41. The van der Waals surface area contributed by atoms with Gasteiger partial charge in [0.1, 0.15) is 6.04 Å². The average molecular weight is 317 g/mol. The van der Waals surface area contributed by atoms with E-state index >= 15 is 0 Å². The zero-order chi connectivity index (χ0) is 14.8. The number of Topliss-reactive ketones (excluding diaryl/α,β-unsaturated/α-hetero) is 1. The minimum absolute atomic E-state index is 0. The van der Waals surface area contributed by atoms with Crippen LogP contribution in [0.5, 0.6) is 0 Å². The quantitative estimate of drug-likeness (QED) is 0.936. The lowest BCUT2D eigenvalue weighted by Crippen LogP contribution is -2.47. The molecule has 0 bridgehead atoms. The van der Waals surface area contributed by atoms with Crippen molar-refractivity contribution in [1.29, 1.82) is 0 Å². The van der Waals surface area contributed by atoms with Crippen LogP contribution < -0.4 is 10.4 Å². The Labute approximate surface area is 137 Å². The fourth-order valence-corrected chi connectivity index (χ4v) is 3.26. The number of hydrazine groups is 1. The number of carbonyl (C=O) groups excluding carboxylic acids is 1. The zero-order valence-electron chi connectivity index (χ0n) is 12.8. The van der Waals surface area contributed by atoms with Crippen LogP contribution in [-0.2, 0) is 4.79 Å². The summed E-state index contributed by atoms with van der Waals surface area (Å²) < 4.78 is 0. The van der Waals surface area contributed by atoms with Crippen molar-refractivity contribution < 1.29 is 4.79 Å². The molecule has 0 radical (unpaired) electrons. The summed E-state index contributed by atoms with van der Waals surface area (Å²) in [4.78, 5) is 12.6. The molecule has 116 valence electrons. The molecule has 0 amide bonds. The van der Waals surface area contributed by atoms with Crippen LogP contribution in [0.3, 0.4) is 0 Å². The highest BCUT2D eigenvalue weighted by Gasteiger charge is 2.42. The van der Waals surface area contributed by atoms with Crippen LogP contribution in [-0.4, -0.2) is 18.9 Å². The van der Waals surface area contributed by atoms with Gasteiger partial charge in [0.05, 0.1) is 5.69 Å². The van der Waals surface area contributed by atoms with Gasteiger partial charge in [0.25, 0.3) is 0 Å². The van der Waals surface area contributed by atoms with Crippen molar-refractivity contribution in [3.8, 4) is 0 Å². The Kier molecular flexibility index (Phi) is 5.22. The molecule has 22 heavy (non-hydrogen) atoms. The lowest BCUT2D eigenvalue weighted by molar-refractivity contribution is -0.120. The van der Waals surface area contributed by atoms with Crippen molar-refractivity contribution >= 4 is 23.9 Å². The molecular weight excluding hydrogens is 296 g/mol. The van der Waals surface area contributed by atoms with Gasteiger partial charge in [-0.1, -0.05) is 55.5 Å². The van der Waals surface area contributed by atoms with Crippen LogP contribution >= 0.6 is 12.4 Å². The van der Waals surface area contributed by atoms with Gasteiger partial charge >= 0.3 is 0 Å². The molecule has 0 aliphatic carbocycles. The summed E-state index contributed by atoms with van der Waals surface area (Å²) in [5.74, 6) is 0.344. The van der Waals surface area contributed by atoms with Gasteiger partial charge in [-0.15, -0.1) is 12.4 Å². The summed E-state index contributed by atoms with van der Waals surface area (Å²) in [6.07, 6.45) is 0.542. The normalized spacial score (nSPS) is 19.5. The fraction of sp³-hybridized carbons (Fsp3) is 0.278. The SMILES string of the molecule is CCC(=O)C1C(c2ccccc2)c2ccccc2N1NC.Cl. The molecule has 2 atom stereocenters. The Balaban J connectivity index is 0.00000176. The van der Waals surface area contributed by atoms with E-state index in [2.05, 4.69) is 29.7 Å². The van der Waals surface area contributed by atoms with Gasteiger partial charge in [-0.05, 0) is 17.2 Å². The van der Waals surface area contributed by atoms with Gasteiger partial charge in [0.15, 0.2) is 5.78 Å². The molecule has 2 aromatic carbocycles. The maximum atomic E-state index is 12.6. The monoisotopic (exact) mass is 316 g/mol. The third-order valence-electron chi connectivity index (χ3n) is 4.20. The minimum Gasteiger partial charge on any atom is -0.297 e. The third-order valence-corrected chi connectivity index (χ3v) is 4.20. The predicted octanol–water partition coefficient (Wildman–Crippen LogP) is 3.54. The van der Waals surface area contributed by atoms with E-state index in [9.17, 15) is 4.79 Å². The maximum Gasteiger partial charge on any atom is 0.157 e. The first-order valence-electron chi connectivity index (χ1n) is 7.41. The molecule has 0 spiro atoms. The van der Waals surface area contributed by atoms with E-state index < -0.39 is 0 Å². The number of benzene rings is 2. The molecule has 2 aromatic rings. The number of anilines is 1. The van der Waals surface area contributed by atoms with E-state index in [1.54, 1.807) is 0 Å². The highest BCUT2D eigenvalue weighted by molar-refractivity contribution is 5.91. The summed E-state index contributed by atoms with van der Waals surface area (Å²) in [5.41, 5.74) is 6.70. The van der Waals surface area contributed by atoms with Crippen molar-refractivity contribution in [3.63, 3.8) is 0 Å². The summed E-state index contributed by atoms with van der Waals surface area (Å²) in [7, 11) is 1.88. The van der Waals surface area contributed by atoms with Crippen LogP contribution in [0.4, 0.5) is 5.69 Å². The number of nitrogens with zero attached hydrogens (tertiary/aromatic N) is 1. The van der Waals surface area contributed by atoms with Crippen LogP contribution in [0.25, 0.3) is 0 Å². The second-order valence-electron chi connectivity index (χ2n) is 5.31. The largest absolute Gasteiger partial charge is 0.297 e. The smallest absolute Gasteiger partial charge is 0.157 e. The molecule has 1 aliphatic rings. The van der Waals surface area contributed by atoms with Gasteiger partial charge in [-0.25, -0.2) is 5.43 Å². The van der Waals surface area contributed by atoms with E-state index in [-0.39, 0.29) is 30.2 Å². The van der Waals surface area contributed by atoms with Crippen molar-refractivity contribution in [3.05, 3.63) is 65.7 Å². The van der Waals surface area contributed by atoms with Crippen molar-refractivity contribution in [2.75, 3.05) is 12.1 Å². The molecule has 3 rings (SSSR count). The Morgan fingerprint density at radius 3 is 2.36 bits per heavy atom. The maximum absolute atomic E-state index is 12.6. The van der Waals surface area contributed by atoms with Crippen molar-refractivity contribution in [2.24, 2.45) is 0 Å². The molecule has 4 heteroatoms. The molecular formula is C18H21ClN2O. The predicted molar refractivity (Wildman–Crippen MR) is 92.6 cm³/mol. The minimum atomic E-state index is -0.181. The summed E-state index contributed by atoms with van der Waals surface area (Å²) >= 11 is 0. The highest BCUT2D eigenvalue weighted by Crippen LogP contribution is 2.44. The van der Waals surface area contributed by atoms with Crippen molar-refractivity contribution in [1.82, 2.24) is 5.43 Å². The Hall–Kier alpha value is -1.84. The molecule has 0 saturated heterocycles. The molecule has 1 N–H and O–H groups in total. The number of hydrogen-bond donors (Lipinski definition) is 1. The molecule has 3 nitrogen and oxygen atoms in total. The Bertz CT molecular complexity index is 645. The van der Waals surface area contributed by atoms with E-state index in [4.69, 9.17) is 0 Å². The standard InChI is InChI=1S/C18H20N2O.ClH/c1-3-16(21)18-17(13-9-5-4-6-10-13)14-11-7-8-12-15(14)20(18)19-2;/h4-12,17-19H,3H2,1-2H3;1H. The fourth-order valence-electron chi connectivity index (χ4n) is 3.26. The van der Waals surface area contributed by atoms with E-state index in [0.29, 0.717) is 6.42 Å². The van der Waals surface area contributed by atoms with Crippen molar-refractivity contribution in [2.45, 2.75) is 25.3 Å². The number of fused-ring (bicyclic) bond motifs is 1. The molecule has 2 unspecified atom stereocenters. The van der Waals surface area contributed by atoms with Crippen LogP contribution in [0, 0.1) is 0 Å². The zero-order valence-corrected chi connectivity index (χ0v) is 13.6. The topological polar surface area (TPSA) is 32.3 Å². The summed E-state index contributed by atoms with van der Waals surface area (Å²) in [5, 5.41) is 2.01. The summed E-state index contributed by atoms with van der Waals surface area (Å²) in [6, 6.07) is 18.4. The van der Waals surface area contributed by atoms with Gasteiger partial charge in [0, 0.05) is 19.4 Å². The second-order valence-corrected chi connectivity index (χ2v) is 5.31. The van der Waals surface area contributed by atoms with Crippen LogP contribution in [0.2, 0.25) is 0 Å². The third kappa shape index (κ3) is 2.62. The molecule has 0 fully saturated rings. The Morgan fingerprint density at radius 1 is 1.09 bits per heavy atom. The summed E-state index contributed by atoms with van der Waals surface area (Å²) in [6.45, 7) is 1.93. The lowest BCUT2D eigenvalue weighted by Gasteiger charge is -2.28. The van der Waals surface area contributed by atoms with Crippen LogP contribution in [0.1, 0.15) is 30.4 Å². The van der Waals surface area contributed by atoms with Gasteiger partial charge in [-0.2, -0.15) is 0 Å². The number of ketones is 1. The first kappa shape index (κ1) is 16.5. The first-order chi connectivity index (χ1) is 10.3. The van der Waals surface area contributed by atoms with Gasteiger partial charge < -0.3 is 0 Å². The number of halogens is 1. The van der Waals surface area contributed by atoms with E-state index in [1.165, 1.54) is 11.1 Å². The molecule has 0 aromatic heterocycles. The number of nitrogens with one attached hydrogen (secondary N) is 1. The number of carbonyl (C=O) groups is 1. The van der Waals surface area contributed by atoms with Crippen LogP contribution in [0.15, 0.2) is 54.6 Å². The number of hydrogen-bond acceptors (Lipinski definition) is 3. The van der Waals surface area contributed by atoms with Gasteiger partial charge in [0.2, 0.25) is 0 Å². The van der Waals surface area contributed by atoms with E-state index in [1.807, 2.05) is 49.3 Å². The number of rotatable bonds is 4. The highest BCUT2D eigenvalue weighted by atomic mass is 35.5. The second kappa shape index (κ2) is 6.95. The average Bonchev–Trinajstić information content (AvgIpc) is 2.89. The van der Waals surface area contributed by atoms with Gasteiger partial charge in [-0.3, -0.25) is 9.80 Å². The lowest BCUT2D eigenvalue weighted by atomic mass is 9.85. The number of para-hydroxylation sites is 1. The molecule has 1 heterocycles. The molecule has 0 saturated carbocycles.